The van der Waals surface area contributed by atoms with Gasteiger partial charge in [-0.05, 0) is 64.5 Å². The molecule has 0 aliphatic carbocycles. The summed E-state index contributed by atoms with van der Waals surface area (Å²) in [7, 11) is 0. The highest BCUT2D eigenvalue weighted by Gasteiger charge is 2.35. The minimum Gasteiger partial charge on any atom is -0.444 e. The Morgan fingerprint density at radius 3 is 2.04 bits per heavy atom. The second-order valence-corrected chi connectivity index (χ2v) is 13.1. The Kier molecular flexibility index (Phi) is 10.3. The first-order valence-electron chi connectivity index (χ1n) is 15.3. The molecule has 2 aromatic carbocycles. The third-order valence-corrected chi connectivity index (χ3v) is 7.65. The zero-order valence-corrected chi connectivity index (χ0v) is 26.9. The van der Waals surface area contributed by atoms with Gasteiger partial charge in [0, 0.05) is 19.3 Å². The summed E-state index contributed by atoms with van der Waals surface area (Å²) in [4.78, 5) is 59.6. The Morgan fingerprint density at radius 1 is 0.889 bits per heavy atom. The highest BCUT2D eigenvalue weighted by molar-refractivity contribution is 5.99. The summed E-state index contributed by atoms with van der Waals surface area (Å²) in [5, 5.41) is 8.14. The first-order valence-corrected chi connectivity index (χ1v) is 15.3. The van der Waals surface area contributed by atoms with Crippen LogP contribution < -0.4 is 16.0 Å². The van der Waals surface area contributed by atoms with Gasteiger partial charge in [-0.25, -0.2) is 9.78 Å². The number of aromatic nitrogens is 2. The number of piperidine rings is 1. The quantitative estimate of drug-likeness (QED) is 0.315. The van der Waals surface area contributed by atoms with Crippen LogP contribution in [0, 0.1) is 5.92 Å². The molecule has 0 radical (unpaired) electrons. The van der Waals surface area contributed by atoms with E-state index in [9.17, 15) is 19.2 Å². The van der Waals surface area contributed by atoms with E-state index in [2.05, 4.69) is 27.9 Å². The van der Waals surface area contributed by atoms with E-state index in [1.54, 1.807) is 61.9 Å². The molecule has 0 saturated carbocycles. The number of nitrogens with one attached hydrogen (secondary N) is 3. The molecule has 240 valence electrons. The fraction of sp³-hybridized carbons (Fsp3) is 0.441. The highest BCUT2D eigenvalue weighted by Crippen LogP contribution is 2.26. The molecule has 1 saturated heterocycles. The number of hydrogen-bond acceptors (Lipinski definition) is 6. The predicted octanol–water partition coefficient (Wildman–Crippen LogP) is 4.83. The molecule has 1 aliphatic rings. The molecule has 3 N–H and O–H groups in total. The molecule has 1 fully saturated rings. The molecule has 1 aromatic heterocycles. The molecular weight excluding hydrogens is 572 g/mol. The zero-order valence-electron chi connectivity index (χ0n) is 26.9. The van der Waals surface area contributed by atoms with Crippen molar-refractivity contribution >= 4 is 29.6 Å². The van der Waals surface area contributed by atoms with Gasteiger partial charge in [-0.3, -0.25) is 14.4 Å². The molecule has 1 unspecified atom stereocenters. The lowest BCUT2D eigenvalue weighted by molar-refractivity contribution is -0.135. The molecule has 0 bridgehead atoms. The second kappa shape index (κ2) is 14.0. The lowest BCUT2D eigenvalue weighted by Crippen LogP contribution is -2.57. The van der Waals surface area contributed by atoms with E-state index < -0.39 is 41.1 Å². The Labute approximate surface area is 264 Å². The van der Waals surface area contributed by atoms with Gasteiger partial charge in [-0.15, -0.1) is 0 Å². The van der Waals surface area contributed by atoms with Crippen molar-refractivity contribution in [3.8, 4) is 0 Å². The van der Waals surface area contributed by atoms with Crippen molar-refractivity contribution in [3.05, 3.63) is 84.3 Å². The van der Waals surface area contributed by atoms with Gasteiger partial charge in [0.2, 0.25) is 11.8 Å². The van der Waals surface area contributed by atoms with Crippen LogP contribution in [0.1, 0.15) is 77.6 Å². The van der Waals surface area contributed by atoms with Gasteiger partial charge in [0.1, 0.15) is 23.2 Å². The van der Waals surface area contributed by atoms with E-state index >= 15 is 0 Å². The summed E-state index contributed by atoms with van der Waals surface area (Å²) >= 11 is 0. The molecule has 3 aromatic rings. The Hall–Kier alpha value is -4.67. The van der Waals surface area contributed by atoms with Gasteiger partial charge in [-0.1, -0.05) is 67.6 Å². The van der Waals surface area contributed by atoms with Gasteiger partial charge < -0.3 is 30.2 Å². The van der Waals surface area contributed by atoms with Crippen LogP contribution in [0.4, 0.5) is 10.6 Å². The molecule has 0 spiro atoms. The molecule has 4 rings (SSSR count). The average molecular weight is 617 g/mol. The number of alkyl carbamates (subject to hydrolysis) is 1. The summed E-state index contributed by atoms with van der Waals surface area (Å²) in [5.41, 5.74) is -0.798. The summed E-state index contributed by atoms with van der Waals surface area (Å²) in [6, 6.07) is 16.5. The number of imidazole rings is 1. The number of anilines is 1. The van der Waals surface area contributed by atoms with E-state index in [-0.39, 0.29) is 11.7 Å². The number of rotatable bonds is 9. The summed E-state index contributed by atoms with van der Waals surface area (Å²) in [5.74, 6) is -0.357. The van der Waals surface area contributed by atoms with Gasteiger partial charge in [-0.2, -0.15) is 0 Å². The topological polar surface area (TPSA) is 135 Å². The third kappa shape index (κ3) is 8.93. The number of benzene rings is 2. The normalized spacial score (nSPS) is 15.5. The number of amides is 4. The van der Waals surface area contributed by atoms with Crippen molar-refractivity contribution in [2.24, 2.45) is 5.92 Å². The molecule has 2 heterocycles. The molecule has 2 atom stereocenters. The Balaban J connectivity index is 1.54. The van der Waals surface area contributed by atoms with Crippen molar-refractivity contribution in [1.82, 2.24) is 25.1 Å². The smallest absolute Gasteiger partial charge is 0.408 e. The van der Waals surface area contributed by atoms with Crippen molar-refractivity contribution < 1.29 is 23.9 Å². The average Bonchev–Trinajstić information content (AvgIpc) is 3.43. The summed E-state index contributed by atoms with van der Waals surface area (Å²) in [6.07, 6.45) is 4.31. The van der Waals surface area contributed by atoms with Crippen LogP contribution in [0.25, 0.3) is 0 Å². The number of carbonyl (C=O) groups is 4. The Bertz CT molecular complexity index is 1470. The van der Waals surface area contributed by atoms with Crippen LogP contribution in [0.2, 0.25) is 0 Å². The second-order valence-electron chi connectivity index (χ2n) is 13.1. The van der Waals surface area contributed by atoms with Crippen LogP contribution in [-0.4, -0.2) is 62.5 Å². The minimum absolute atomic E-state index is 0.0301. The number of carbonyl (C=O) groups excluding carboxylic acids is 4. The molecular formula is C34H44N6O5. The molecule has 11 nitrogen and oxygen atoms in total. The predicted molar refractivity (Wildman–Crippen MR) is 171 cm³/mol. The lowest BCUT2D eigenvalue weighted by atomic mass is 9.97. The van der Waals surface area contributed by atoms with Gasteiger partial charge >= 0.3 is 6.09 Å². The fourth-order valence-electron chi connectivity index (χ4n) is 5.09. The van der Waals surface area contributed by atoms with Crippen LogP contribution >= 0.6 is 0 Å². The SMILES string of the molecule is CC1CCN(C(=O)[C@@H](c2ccccc2)n2cnc(NC(=O)C(NC(=O)C(C)(C)NC(=O)OC(C)(C)C)c3ccccc3)c2)CC1. The first kappa shape index (κ1) is 33.2. The van der Waals surface area contributed by atoms with Gasteiger partial charge in [0.25, 0.3) is 5.91 Å². The summed E-state index contributed by atoms with van der Waals surface area (Å²) in [6.45, 7) is 11.8. The zero-order chi connectivity index (χ0) is 32.8. The maximum Gasteiger partial charge on any atom is 0.408 e. The Morgan fingerprint density at radius 2 is 1.47 bits per heavy atom. The first-order chi connectivity index (χ1) is 21.2. The van der Waals surface area contributed by atoms with Crippen molar-refractivity contribution in [1.29, 1.82) is 0 Å². The standard InChI is InChI=1S/C34H44N6O5/c1-23-17-19-39(20-18-23)30(42)28(25-15-11-8-12-16-25)40-21-26(35-22-40)36-29(41)27(24-13-9-7-10-14-24)37-31(43)34(5,6)38-32(44)45-33(2,3)4/h7-16,21-23,27-28H,17-20H2,1-6H3,(H,36,41)(H,37,43)(H,38,44)/t27?,28-/m1/s1. The monoisotopic (exact) mass is 616 g/mol. The number of likely N-dealkylation sites (tertiary alicyclic amines) is 1. The van der Waals surface area contributed by atoms with Crippen LogP contribution in [0.15, 0.2) is 73.2 Å². The van der Waals surface area contributed by atoms with Crippen molar-refractivity contribution in [3.63, 3.8) is 0 Å². The molecule has 11 heteroatoms. The fourth-order valence-corrected chi connectivity index (χ4v) is 5.09. The van der Waals surface area contributed by atoms with Crippen molar-refractivity contribution in [2.45, 2.75) is 77.6 Å². The van der Waals surface area contributed by atoms with E-state index in [4.69, 9.17) is 4.74 Å². The molecule has 45 heavy (non-hydrogen) atoms. The third-order valence-electron chi connectivity index (χ3n) is 7.65. The van der Waals surface area contributed by atoms with E-state index in [1.807, 2.05) is 35.2 Å². The molecule has 1 aliphatic heterocycles. The van der Waals surface area contributed by atoms with Gasteiger partial charge in [0.15, 0.2) is 5.82 Å². The van der Waals surface area contributed by atoms with Gasteiger partial charge in [0.05, 0.1) is 6.33 Å². The maximum atomic E-state index is 13.8. The lowest BCUT2D eigenvalue weighted by Gasteiger charge is -2.33. The summed E-state index contributed by atoms with van der Waals surface area (Å²) < 4.78 is 7.01. The number of nitrogens with zero attached hydrogens (tertiary/aromatic N) is 3. The van der Waals surface area contributed by atoms with Crippen LogP contribution in [-0.2, 0) is 19.1 Å². The van der Waals surface area contributed by atoms with Crippen LogP contribution in [0.3, 0.4) is 0 Å². The van der Waals surface area contributed by atoms with E-state index in [0.717, 1.165) is 18.4 Å². The number of hydrogen-bond donors (Lipinski definition) is 3. The van der Waals surface area contributed by atoms with Crippen LogP contribution in [0.5, 0.6) is 0 Å². The largest absolute Gasteiger partial charge is 0.444 e. The minimum atomic E-state index is -1.40. The van der Waals surface area contributed by atoms with Crippen molar-refractivity contribution in [2.75, 3.05) is 18.4 Å². The van der Waals surface area contributed by atoms with E-state index in [0.29, 0.717) is 24.6 Å². The number of ether oxygens (including phenoxy) is 1. The molecule has 4 amide bonds. The maximum absolute atomic E-state index is 13.8. The highest BCUT2D eigenvalue weighted by atomic mass is 16.6. The van der Waals surface area contributed by atoms with E-state index in [1.165, 1.54) is 20.2 Å².